The highest BCUT2D eigenvalue weighted by molar-refractivity contribution is 7.91. The van der Waals surface area contributed by atoms with Crippen LogP contribution in [-0.2, 0) is 46.3 Å². The van der Waals surface area contributed by atoms with E-state index in [4.69, 9.17) is 20.9 Å². The van der Waals surface area contributed by atoms with Gasteiger partial charge in [0.2, 0.25) is 19.7 Å². The number of nitrogens with two attached hydrogens (primary N) is 2. The predicted octanol–water partition coefficient (Wildman–Crippen LogP) is 6.17. The van der Waals surface area contributed by atoms with Gasteiger partial charge in [0, 0.05) is 11.4 Å². The van der Waals surface area contributed by atoms with Crippen molar-refractivity contribution in [3.05, 3.63) is 132 Å². The molecule has 0 unspecified atom stereocenters. The third-order valence-corrected chi connectivity index (χ3v) is 14.0. The Balaban J connectivity index is 1.19. The monoisotopic (exact) mass is 820 g/mol. The Labute approximate surface area is 315 Å². The summed E-state index contributed by atoms with van der Waals surface area (Å²) in [5.41, 5.74) is 13.4. The fraction of sp³-hybridized carbons (Fsp3) is 0.0270. The lowest BCUT2D eigenvalue weighted by atomic mass is 10.1. The normalized spacial score (nSPS) is 12.8. The van der Waals surface area contributed by atoms with Crippen molar-refractivity contribution < 1.29 is 52.3 Å². The average molecular weight is 821 g/mol. The minimum atomic E-state index is -4.94. The molecule has 0 spiro atoms. The van der Waals surface area contributed by atoms with E-state index in [-0.39, 0.29) is 60.1 Å². The average Bonchev–Trinajstić information content (AvgIpc) is 3.47. The first-order valence-corrected chi connectivity index (χ1v) is 21.7. The van der Waals surface area contributed by atoms with Gasteiger partial charge in [-0.25, -0.2) is 16.8 Å². The largest absolute Gasteiger partial charge is 0.456 e. The molecule has 0 amide bonds. The summed E-state index contributed by atoms with van der Waals surface area (Å²) in [6, 6.07) is 26.4. The van der Waals surface area contributed by atoms with E-state index in [9.17, 15) is 42.8 Å². The van der Waals surface area contributed by atoms with Gasteiger partial charge < -0.3 is 20.9 Å². The first kappa shape index (κ1) is 37.6. The molecule has 0 saturated heterocycles. The molecule has 6 N–H and O–H groups in total. The molecule has 1 aliphatic carbocycles. The van der Waals surface area contributed by atoms with Crippen LogP contribution in [0, 0.1) is 0 Å². The molecule has 6 aromatic rings. The van der Waals surface area contributed by atoms with E-state index in [1.807, 2.05) is 0 Å². The second kappa shape index (κ2) is 13.5. The van der Waals surface area contributed by atoms with E-state index in [1.54, 1.807) is 0 Å². The lowest BCUT2D eigenvalue weighted by molar-refractivity contribution is 0.447. The van der Waals surface area contributed by atoms with Crippen molar-refractivity contribution in [1.82, 2.24) is 0 Å². The van der Waals surface area contributed by atoms with Crippen LogP contribution < -0.4 is 20.9 Å². The number of nitrogen functional groups attached to an aromatic ring is 2. The molecule has 0 saturated carbocycles. The van der Waals surface area contributed by atoms with Gasteiger partial charge >= 0.3 is 0 Å². The summed E-state index contributed by atoms with van der Waals surface area (Å²) in [6.07, 6.45) is 0.104. The van der Waals surface area contributed by atoms with Crippen LogP contribution in [-0.4, -0.2) is 42.8 Å². The maximum atomic E-state index is 13.1. The quantitative estimate of drug-likeness (QED) is 0.0891. The van der Waals surface area contributed by atoms with Gasteiger partial charge in [-0.2, -0.15) is 16.8 Å². The zero-order valence-electron chi connectivity index (χ0n) is 28.0. The van der Waals surface area contributed by atoms with Crippen molar-refractivity contribution in [3.8, 4) is 34.1 Å². The van der Waals surface area contributed by atoms with E-state index in [1.165, 1.54) is 109 Å². The number of rotatable bonds is 10. The van der Waals surface area contributed by atoms with Gasteiger partial charge in [-0.05, 0) is 150 Å². The van der Waals surface area contributed by atoms with E-state index in [2.05, 4.69) is 0 Å². The maximum Gasteiger partial charge on any atom is 0.298 e. The smallest absolute Gasteiger partial charge is 0.298 e. The molecule has 0 radical (unpaired) electrons. The minimum Gasteiger partial charge on any atom is -0.456 e. The Morgan fingerprint density at radius 3 is 1.02 bits per heavy atom. The summed E-state index contributed by atoms with van der Waals surface area (Å²) in [6.45, 7) is 0. The van der Waals surface area contributed by atoms with Crippen LogP contribution in [0.4, 0.5) is 11.4 Å². The SMILES string of the molecule is Nc1ccc(S(=O)(=O)c2ccc(Oc3cc4c(cc3S(=O)(=O)O)-c3cc(S(=O)(=O)O)c(Oc5ccc(S(=O)(=O)c6ccc(N)cc6)cc5)cc3C4)cc2)cc1. The lowest BCUT2D eigenvalue weighted by Crippen LogP contribution is -2.04. The molecular weight excluding hydrogens is 793 g/mol. The number of fused-ring (bicyclic) bond motifs is 3. The Hall–Kier alpha value is -5.76. The molecule has 0 aromatic heterocycles. The summed E-state index contributed by atoms with van der Waals surface area (Å²) in [7, 11) is -17.7. The second-order valence-corrected chi connectivity index (χ2v) is 19.0. The van der Waals surface area contributed by atoms with E-state index < -0.39 is 49.7 Å². The highest BCUT2D eigenvalue weighted by Crippen LogP contribution is 2.46. The number of ether oxygens (including phenoxy) is 2. The molecule has 18 heteroatoms. The summed E-state index contributed by atoms with van der Waals surface area (Å²) in [4.78, 5) is -1.47. The zero-order valence-corrected chi connectivity index (χ0v) is 31.3. The Morgan fingerprint density at radius 2 is 0.727 bits per heavy atom. The van der Waals surface area contributed by atoms with Crippen LogP contribution in [0.3, 0.4) is 0 Å². The van der Waals surface area contributed by atoms with Gasteiger partial charge in [0.1, 0.15) is 32.8 Å². The van der Waals surface area contributed by atoms with Crippen molar-refractivity contribution >= 4 is 51.3 Å². The summed E-state index contributed by atoms with van der Waals surface area (Å²) < 4.78 is 135. The molecule has 1 aliphatic rings. The third kappa shape index (κ3) is 7.38. The fourth-order valence-corrected chi connectivity index (χ4v) is 9.72. The molecule has 0 fully saturated rings. The molecule has 282 valence electrons. The topological polar surface area (TPSA) is 248 Å². The number of anilines is 2. The standard InChI is InChI=1S/C37H28N2O12S4/c38-24-1-9-28(10-2-24)52(40,41)30-13-5-26(6-14-30)50-34-18-22-17-23-19-35(37(55(47,48)49)21-33(23)32(22)20-36(34)54(44,45)46)51-27-7-15-31(16-8-27)53(42,43)29-11-3-25(39)4-12-29/h1-16,18-21H,17,38-39H2,(H,44,45,46)(H,47,48,49). The van der Waals surface area contributed by atoms with Crippen molar-refractivity contribution in [3.63, 3.8) is 0 Å². The molecule has 7 rings (SSSR count). The minimum absolute atomic E-state index is 0.00622. The van der Waals surface area contributed by atoms with Crippen molar-refractivity contribution in [1.29, 1.82) is 0 Å². The summed E-state index contributed by atoms with van der Waals surface area (Å²) in [5.74, 6) is -0.533. The van der Waals surface area contributed by atoms with Crippen LogP contribution in [0.1, 0.15) is 11.1 Å². The summed E-state index contributed by atoms with van der Waals surface area (Å²) >= 11 is 0. The van der Waals surface area contributed by atoms with Gasteiger partial charge in [0.15, 0.2) is 0 Å². The fourth-order valence-electron chi connectivity index (χ4n) is 5.96. The first-order valence-electron chi connectivity index (χ1n) is 15.9. The second-order valence-electron chi connectivity index (χ2n) is 12.3. The van der Waals surface area contributed by atoms with Gasteiger partial charge in [-0.3, -0.25) is 9.11 Å². The number of hydrogen-bond acceptors (Lipinski definition) is 12. The molecule has 0 atom stereocenters. The molecule has 55 heavy (non-hydrogen) atoms. The van der Waals surface area contributed by atoms with Gasteiger partial charge in [-0.1, -0.05) is 0 Å². The molecule has 14 nitrogen and oxygen atoms in total. The van der Waals surface area contributed by atoms with Gasteiger partial charge in [-0.15, -0.1) is 0 Å². The molecule has 0 bridgehead atoms. The van der Waals surface area contributed by atoms with Crippen molar-refractivity contribution in [2.75, 3.05) is 11.5 Å². The van der Waals surface area contributed by atoms with E-state index >= 15 is 0 Å². The molecule has 0 aliphatic heterocycles. The Kier molecular flexibility index (Phi) is 9.23. The highest BCUT2D eigenvalue weighted by atomic mass is 32.2. The first-order chi connectivity index (χ1) is 25.8. The lowest BCUT2D eigenvalue weighted by Gasteiger charge is -2.14. The highest BCUT2D eigenvalue weighted by Gasteiger charge is 2.30. The van der Waals surface area contributed by atoms with Crippen LogP contribution in [0.15, 0.2) is 151 Å². The Morgan fingerprint density at radius 1 is 0.436 bits per heavy atom. The van der Waals surface area contributed by atoms with Crippen LogP contribution >= 0.6 is 0 Å². The Bertz CT molecular complexity index is 2750. The van der Waals surface area contributed by atoms with Crippen LogP contribution in [0.25, 0.3) is 11.1 Å². The van der Waals surface area contributed by atoms with Gasteiger partial charge in [0.05, 0.1) is 19.6 Å². The van der Waals surface area contributed by atoms with Crippen molar-refractivity contribution in [2.45, 2.75) is 35.8 Å². The maximum absolute atomic E-state index is 13.1. The molecular formula is C37H28N2O12S4. The van der Waals surface area contributed by atoms with E-state index in [0.29, 0.717) is 22.5 Å². The molecule has 0 heterocycles. The summed E-state index contributed by atoms with van der Waals surface area (Å²) in [5, 5.41) is 0. The number of hydrogen-bond donors (Lipinski definition) is 4. The van der Waals surface area contributed by atoms with Crippen molar-refractivity contribution in [2.24, 2.45) is 0 Å². The third-order valence-electron chi connectivity index (χ3n) is 8.67. The number of benzene rings is 6. The van der Waals surface area contributed by atoms with Gasteiger partial charge in [0.25, 0.3) is 20.2 Å². The van der Waals surface area contributed by atoms with Crippen LogP contribution in [0.5, 0.6) is 23.0 Å². The molecule has 6 aromatic carbocycles. The zero-order chi connectivity index (χ0) is 39.5. The van der Waals surface area contributed by atoms with Crippen LogP contribution in [0.2, 0.25) is 0 Å². The predicted molar refractivity (Wildman–Crippen MR) is 200 cm³/mol. The number of sulfone groups is 2. The van der Waals surface area contributed by atoms with E-state index in [0.717, 1.165) is 12.1 Å².